The summed E-state index contributed by atoms with van der Waals surface area (Å²) in [5.41, 5.74) is 2.60. The molecule has 1 aromatic carbocycles. The summed E-state index contributed by atoms with van der Waals surface area (Å²) in [6, 6.07) is 8.26. The first-order chi connectivity index (χ1) is 11.9. The van der Waals surface area contributed by atoms with Gasteiger partial charge < -0.3 is 10.2 Å². The lowest BCUT2D eigenvalue weighted by atomic mass is 10.1. The molecule has 1 N–H and O–H groups in total. The summed E-state index contributed by atoms with van der Waals surface area (Å²) in [4.78, 5) is 30.2. The third kappa shape index (κ3) is 5.54. The van der Waals surface area contributed by atoms with E-state index in [1.807, 2.05) is 18.9 Å². The molecule has 2 amide bonds. The smallest absolute Gasteiger partial charge is 0.236 e. The molecule has 0 spiro atoms. The highest BCUT2D eigenvalue weighted by Crippen LogP contribution is 2.11. The Bertz CT molecular complexity index is 597. The summed E-state index contributed by atoms with van der Waals surface area (Å²) in [6.45, 7) is 8.37. The van der Waals surface area contributed by atoms with Gasteiger partial charge in [0.1, 0.15) is 0 Å². The molecule has 0 saturated carbocycles. The van der Waals surface area contributed by atoms with E-state index in [0.717, 1.165) is 32.7 Å². The van der Waals surface area contributed by atoms with E-state index >= 15 is 0 Å². The number of carbonyl (C=O) groups is 2. The van der Waals surface area contributed by atoms with Crippen molar-refractivity contribution in [2.24, 2.45) is 0 Å². The average Bonchev–Trinajstić information content (AvgIpc) is 2.60. The predicted molar refractivity (Wildman–Crippen MR) is 99.2 cm³/mol. The van der Waals surface area contributed by atoms with E-state index in [1.165, 1.54) is 11.1 Å². The Kier molecular flexibility index (Phi) is 6.96. The SMILES string of the molecule is CNC(=O)[C@H](C)N(C)CC(=O)N1CCN(Cc2cccc(C)c2)CC1. The van der Waals surface area contributed by atoms with Crippen molar-refractivity contribution in [2.75, 3.05) is 46.8 Å². The number of carbonyl (C=O) groups excluding carboxylic acids is 2. The summed E-state index contributed by atoms with van der Waals surface area (Å²) in [5.74, 6) is 0.0201. The number of hydrogen-bond donors (Lipinski definition) is 1. The van der Waals surface area contributed by atoms with Gasteiger partial charge in [-0.2, -0.15) is 0 Å². The summed E-state index contributed by atoms with van der Waals surface area (Å²) < 4.78 is 0. The summed E-state index contributed by atoms with van der Waals surface area (Å²) in [6.07, 6.45) is 0. The van der Waals surface area contributed by atoms with Gasteiger partial charge in [0.2, 0.25) is 11.8 Å². The molecule has 1 fully saturated rings. The minimum Gasteiger partial charge on any atom is -0.358 e. The number of likely N-dealkylation sites (N-methyl/N-ethyl adjacent to an activating group) is 2. The number of nitrogens with zero attached hydrogens (tertiary/aromatic N) is 3. The van der Waals surface area contributed by atoms with Crippen LogP contribution in [0.25, 0.3) is 0 Å². The molecule has 1 aliphatic heterocycles. The topological polar surface area (TPSA) is 55.9 Å². The third-order valence-corrected chi connectivity index (χ3v) is 4.89. The number of aryl methyl sites for hydroxylation is 1. The molecule has 0 unspecified atom stereocenters. The molecule has 1 atom stereocenters. The molecule has 0 aliphatic carbocycles. The van der Waals surface area contributed by atoms with Gasteiger partial charge in [0.15, 0.2) is 0 Å². The third-order valence-electron chi connectivity index (χ3n) is 4.89. The van der Waals surface area contributed by atoms with Crippen LogP contribution in [0.4, 0.5) is 0 Å². The Morgan fingerprint density at radius 2 is 1.92 bits per heavy atom. The van der Waals surface area contributed by atoms with Crippen molar-refractivity contribution in [3.8, 4) is 0 Å². The van der Waals surface area contributed by atoms with E-state index in [4.69, 9.17) is 0 Å². The lowest BCUT2D eigenvalue weighted by Crippen LogP contribution is -2.52. The minimum atomic E-state index is -0.309. The van der Waals surface area contributed by atoms with Crippen LogP contribution in [0.3, 0.4) is 0 Å². The number of nitrogens with one attached hydrogen (secondary N) is 1. The van der Waals surface area contributed by atoms with Gasteiger partial charge in [0, 0.05) is 39.8 Å². The molecule has 0 bridgehead atoms. The van der Waals surface area contributed by atoms with Gasteiger partial charge in [-0.25, -0.2) is 0 Å². The highest BCUT2D eigenvalue weighted by atomic mass is 16.2. The van der Waals surface area contributed by atoms with Crippen LogP contribution in [0.15, 0.2) is 24.3 Å². The summed E-state index contributed by atoms with van der Waals surface area (Å²) in [7, 11) is 3.42. The van der Waals surface area contributed by atoms with Crippen LogP contribution in [-0.2, 0) is 16.1 Å². The predicted octanol–water partition coefficient (Wildman–Crippen LogP) is 0.706. The Balaban J connectivity index is 1.79. The number of benzene rings is 1. The van der Waals surface area contributed by atoms with Crippen molar-refractivity contribution in [2.45, 2.75) is 26.4 Å². The molecule has 25 heavy (non-hydrogen) atoms. The van der Waals surface area contributed by atoms with Gasteiger partial charge in [-0.1, -0.05) is 29.8 Å². The molecule has 6 heteroatoms. The molecular formula is C19H30N4O2. The van der Waals surface area contributed by atoms with Crippen LogP contribution < -0.4 is 5.32 Å². The maximum atomic E-state index is 12.5. The average molecular weight is 346 g/mol. The fraction of sp³-hybridized carbons (Fsp3) is 0.579. The van der Waals surface area contributed by atoms with Crippen LogP contribution in [0.2, 0.25) is 0 Å². The number of amides is 2. The van der Waals surface area contributed by atoms with Gasteiger partial charge in [0.25, 0.3) is 0 Å². The Hall–Kier alpha value is -1.92. The van der Waals surface area contributed by atoms with Crippen LogP contribution >= 0.6 is 0 Å². The quantitative estimate of drug-likeness (QED) is 0.824. The molecule has 138 valence electrons. The van der Waals surface area contributed by atoms with Crippen molar-refractivity contribution < 1.29 is 9.59 Å². The lowest BCUT2D eigenvalue weighted by molar-refractivity contribution is -0.135. The van der Waals surface area contributed by atoms with E-state index in [2.05, 4.69) is 41.4 Å². The van der Waals surface area contributed by atoms with Crippen molar-refractivity contribution in [1.82, 2.24) is 20.0 Å². The first kappa shape index (κ1) is 19.4. The zero-order chi connectivity index (χ0) is 18.4. The van der Waals surface area contributed by atoms with E-state index in [0.29, 0.717) is 0 Å². The maximum Gasteiger partial charge on any atom is 0.236 e. The van der Waals surface area contributed by atoms with Crippen LogP contribution in [-0.4, -0.2) is 79.4 Å². The van der Waals surface area contributed by atoms with E-state index < -0.39 is 0 Å². The lowest BCUT2D eigenvalue weighted by Gasteiger charge is -2.36. The minimum absolute atomic E-state index is 0.0710. The second kappa shape index (κ2) is 8.97. The molecule has 2 rings (SSSR count). The first-order valence-electron chi connectivity index (χ1n) is 8.88. The zero-order valence-electron chi connectivity index (χ0n) is 15.8. The van der Waals surface area contributed by atoms with Gasteiger partial charge in [-0.05, 0) is 26.5 Å². The second-order valence-electron chi connectivity index (χ2n) is 6.85. The van der Waals surface area contributed by atoms with Gasteiger partial charge in [-0.3, -0.25) is 19.4 Å². The van der Waals surface area contributed by atoms with Gasteiger partial charge in [-0.15, -0.1) is 0 Å². The van der Waals surface area contributed by atoms with E-state index in [-0.39, 0.29) is 24.4 Å². The maximum absolute atomic E-state index is 12.5. The van der Waals surface area contributed by atoms with Crippen molar-refractivity contribution in [1.29, 1.82) is 0 Å². The molecule has 1 heterocycles. The second-order valence-corrected chi connectivity index (χ2v) is 6.85. The number of hydrogen-bond acceptors (Lipinski definition) is 4. The molecule has 0 aromatic heterocycles. The molecule has 0 radical (unpaired) electrons. The Morgan fingerprint density at radius 1 is 1.24 bits per heavy atom. The molecule has 1 aromatic rings. The molecule has 6 nitrogen and oxygen atoms in total. The Morgan fingerprint density at radius 3 is 2.52 bits per heavy atom. The zero-order valence-corrected chi connectivity index (χ0v) is 15.8. The standard InChI is InChI=1S/C19H30N4O2/c1-15-6-5-7-17(12-15)13-22-8-10-23(11-9-22)18(24)14-21(4)16(2)19(25)20-3/h5-7,12,16H,8-11,13-14H2,1-4H3,(H,20,25)/t16-/m0/s1. The van der Waals surface area contributed by atoms with Crippen LogP contribution in [0.1, 0.15) is 18.1 Å². The van der Waals surface area contributed by atoms with E-state index in [1.54, 1.807) is 11.9 Å². The molecule has 1 saturated heterocycles. The van der Waals surface area contributed by atoms with Crippen molar-refractivity contribution >= 4 is 11.8 Å². The monoisotopic (exact) mass is 346 g/mol. The molecule has 1 aliphatic rings. The highest BCUT2D eigenvalue weighted by Gasteiger charge is 2.24. The normalized spacial score (nSPS) is 16.8. The first-order valence-corrected chi connectivity index (χ1v) is 8.88. The molecular weight excluding hydrogens is 316 g/mol. The van der Waals surface area contributed by atoms with Gasteiger partial charge in [0.05, 0.1) is 12.6 Å². The number of rotatable bonds is 6. The van der Waals surface area contributed by atoms with Crippen molar-refractivity contribution in [3.63, 3.8) is 0 Å². The number of piperazine rings is 1. The van der Waals surface area contributed by atoms with Gasteiger partial charge >= 0.3 is 0 Å². The largest absolute Gasteiger partial charge is 0.358 e. The summed E-state index contributed by atoms with van der Waals surface area (Å²) in [5, 5.41) is 2.62. The Labute approximate surface area is 150 Å². The van der Waals surface area contributed by atoms with Crippen LogP contribution in [0, 0.1) is 6.92 Å². The fourth-order valence-corrected chi connectivity index (χ4v) is 3.08. The van der Waals surface area contributed by atoms with E-state index in [9.17, 15) is 9.59 Å². The van der Waals surface area contributed by atoms with Crippen molar-refractivity contribution in [3.05, 3.63) is 35.4 Å². The summed E-state index contributed by atoms with van der Waals surface area (Å²) >= 11 is 0. The fourth-order valence-electron chi connectivity index (χ4n) is 3.08. The highest BCUT2D eigenvalue weighted by molar-refractivity contribution is 5.83. The van der Waals surface area contributed by atoms with Crippen LogP contribution in [0.5, 0.6) is 0 Å².